The Bertz CT molecular complexity index is 598. The number of primary amides is 1. The van der Waals surface area contributed by atoms with Crippen LogP contribution in [0.5, 0.6) is 5.75 Å². The van der Waals surface area contributed by atoms with Crippen LogP contribution in [-0.4, -0.2) is 23.5 Å². The maximum atomic E-state index is 11.3. The molecule has 0 spiro atoms. The monoisotopic (exact) mass is 300 g/mol. The van der Waals surface area contributed by atoms with Crippen molar-refractivity contribution in [2.24, 2.45) is 5.73 Å². The molecular formula is C17H20N2O3. The number of carbonyl (C=O) groups is 2. The number of hydrogen-bond acceptors (Lipinski definition) is 3. The molecule has 0 saturated heterocycles. The van der Waals surface area contributed by atoms with Crippen molar-refractivity contribution in [3.63, 3.8) is 0 Å². The molecule has 0 aliphatic carbocycles. The van der Waals surface area contributed by atoms with E-state index in [4.69, 9.17) is 10.8 Å². The Morgan fingerprint density at radius 2 is 1.41 bits per heavy atom. The molecule has 5 nitrogen and oxygen atoms in total. The Kier molecular flexibility index (Phi) is 6.63. The summed E-state index contributed by atoms with van der Waals surface area (Å²) in [5.41, 5.74) is 7.66. The van der Waals surface area contributed by atoms with Crippen LogP contribution in [0.3, 0.4) is 0 Å². The molecule has 0 radical (unpaired) electrons. The number of nitrogens with two attached hydrogens (primary N) is 1. The van der Waals surface area contributed by atoms with Gasteiger partial charge in [0.15, 0.2) is 0 Å². The number of rotatable bonds is 3. The predicted molar refractivity (Wildman–Crippen MR) is 85.6 cm³/mol. The molecule has 22 heavy (non-hydrogen) atoms. The summed E-state index contributed by atoms with van der Waals surface area (Å²) in [6.45, 7) is 3.79. The highest BCUT2D eigenvalue weighted by Crippen LogP contribution is 2.07. The van der Waals surface area contributed by atoms with Gasteiger partial charge in [-0.1, -0.05) is 35.4 Å². The van der Waals surface area contributed by atoms with E-state index < -0.39 is 5.91 Å². The van der Waals surface area contributed by atoms with E-state index in [2.05, 4.69) is 5.32 Å². The summed E-state index contributed by atoms with van der Waals surface area (Å²) >= 11 is 0. The Morgan fingerprint density at radius 3 is 1.82 bits per heavy atom. The average Bonchev–Trinajstić information content (AvgIpc) is 2.49. The third-order valence-electron chi connectivity index (χ3n) is 2.77. The van der Waals surface area contributed by atoms with Crippen LogP contribution in [0.4, 0.5) is 0 Å². The quantitative estimate of drug-likeness (QED) is 0.808. The standard InChI is InChI=1S/C10H12N2O2.C7H8O/c1-7-2-4-8(5-3-7)10(14)12-6-9(11)13;1-6-2-4-7(8)5-3-6/h2-5H,6H2,1H3,(H2,11,13)(H,12,14);2-5,8H,1H3. The summed E-state index contributed by atoms with van der Waals surface area (Å²) in [6.07, 6.45) is 0. The van der Waals surface area contributed by atoms with Gasteiger partial charge >= 0.3 is 0 Å². The van der Waals surface area contributed by atoms with Gasteiger partial charge in [-0.2, -0.15) is 0 Å². The number of phenols is 1. The molecule has 0 aliphatic rings. The lowest BCUT2D eigenvalue weighted by atomic mass is 10.1. The summed E-state index contributed by atoms with van der Waals surface area (Å²) in [5.74, 6) is -0.509. The van der Waals surface area contributed by atoms with Gasteiger partial charge in [-0.3, -0.25) is 9.59 Å². The minimum absolute atomic E-state index is 0.132. The second-order valence-electron chi connectivity index (χ2n) is 4.85. The van der Waals surface area contributed by atoms with E-state index in [0.717, 1.165) is 5.56 Å². The Labute approximate surface area is 129 Å². The molecule has 2 amide bonds. The van der Waals surface area contributed by atoms with E-state index in [1.807, 2.05) is 38.1 Å². The third kappa shape index (κ3) is 6.56. The van der Waals surface area contributed by atoms with Crippen molar-refractivity contribution in [2.45, 2.75) is 13.8 Å². The van der Waals surface area contributed by atoms with Gasteiger partial charge in [0.25, 0.3) is 5.91 Å². The highest BCUT2D eigenvalue weighted by Gasteiger charge is 2.04. The van der Waals surface area contributed by atoms with E-state index in [1.165, 1.54) is 5.56 Å². The van der Waals surface area contributed by atoms with E-state index in [0.29, 0.717) is 11.3 Å². The maximum Gasteiger partial charge on any atom is 0.251 e. The van der Waals surface area contributed by atoms with Crippen LogP contribution >= 0.6 is 0 Å². The highest BCUT2D eigenvalue weighted by molar-refractivity contribution is 5.96. The SMILES string of the molecule is Cc1ccc(C(=O)NCC(N)=O)cc1.Cc1ccc(O)cc1. The first-order valence-electron chi connectivity index (χ1n) is 6.77. The van der Waals surface area contributed by atoms with Crippen LogP contribution in [0.2, 0.25) is 0 Å². The molecule has 2 aromatic rings. The first-order valence-corrected chi connectivity index (χ1v) is 6.77. The Morgan fingerprint density at radius 1 is 0.955 bits per heavy atom. The molecular weight excluding hydrogens is 280 g/mol. The molecule has 2 aromatic carbocycles. The lowest BCUT2D eigenvalue weighted by molar-refractivity contribution is -0.117. The average molecular weight is 300 g/mol. The zero-order valence-corrected chi connectivity index (χ0v) is 12.7. The van der Waals surface area contributed by atoms with Crippen molar-refractivity contribution in [3.8, 4) is 5.75 Å². The highest BCUT2D eigenvalue weighted by atomic mass is 16.3. The lowest BCUT2D eigenvalue weighted by Crippen LogP contribution is -2.33. The smallest absolute Gasteiger partial charge is 0.251 e. The molecule has 4 N–H and O–H groups in total. The summed E-state index contributed by atoms with van der Waals surface area (Å²) in [6, 6.07) is 14.2. The van der Waals surface area contributed by atoms with Gasteiger partial charge in [-0.15, -0.1) is 0 Å². The van der Waals surface area contributed by atoms with Gasteiger partial charge in [-0.05, 0) is 38.1 Å². The topological polar surface area (TPSA) is 92.4 Å². The second-order valence-corrected chi connectivity index (χ2v) is 4.85. The van der Waals surface area contributed by atoms with Crippen LogP contribution in [0, 0.1) is 13.8 Å². The van der Waals surface area contributed by atoms with Crippen LogP contribution in [-0.2, 0) is 4.79 Å². The largest absolute Gasteiger partial charge is 0.508 e. The zero-order valence-electron chi connectivity index (χ0n) is 12.7. The molecule has 0 aromatic heterocycles. The van der Waals surface area contributed by atoms with E-state index >= 15 is 0 Å². The maximum absolute atomic E-state index is 11.3. The summed E-state index contributed by atoms with van der Waals surface area (Å²) in [7, 11) is 0. The number of aryl methyl sites for hydroxylation is 2. The van der Waals surface area contributed by atoms with Gasteiger partial charge in [0.2, 0.25) is 5.91 Å². The van der Waals surface area contributed by atoms with Gasteiger partial charge in [0, 0.05) is 5.56 Å². The molecule has 0 fully saturated rings. The number of nitrogens with one attached hydrogen (secondary N) is 1. The molecule has 0 aliphatic heterocycles. The van der Waals surface area contributed by atoms with Crippen LogP contribution in [0.25, 0.3) is 0 Å². The molecule has 0 unspecified atom stereocenters. The Balaban J connectivity index is 0.000000255. The number of amides is 2. The lowest BCUT2D eigenvalue weighted by Gasteiger charge is -2.02. The van der Waals surface area contributed by atoms with E-state index in [9.17, 15) is 9.59 Å². The van der Waals surface area contributed by atoms with E-state index in [-0.39, 0.29) is 12.5 Å². The van der Waals surface area contributed by atoms with Crippen LogP contribution < -0.4 is 11.1 Å². The van der Waals surface area contributed by atoms with Gasteiger partial charge in [0.05, 0.1) is 6.54 Å². The van der Waals surface area contributed by atoms with Crippen molar-refractivity contribution >= 4 is 11.8 Å². The number of hydrogen-bond donors (Lipinski definition) is 3. The first kappa shape index (κ1) is 17.2. The summed E-state index contributed by atoms with van der Waals surface area (Å²) in [5, 5.41) is 11.2. The van der Waals surface area contributed by atoms with Crippen molar-refractivity contribution < 1.29 is 14.7 Å². The van der Waals surface area contributed by atoms with Gasteiger partial charge in [-0.25, -0.2) is 0 Å². The normalized spacial score (nSPS) is 9.36. The second kappa shape index (κ2) is 8.46. The molecule has 2 rings (SSSR count). The van der Waals surface area contributed by atoms with Gasteiger partial charge < -0.3 is 16.2 Å². The fourth-order valence-corrected chi connectivity index (χ4v) is 1.52. The minimum atomic E-state index is -0.550. The molecule has 5 heteroatoms. The predicted octanol–water partition coefficient (Wildman–Crippen LogP) is 1.91. The number of carbonyl (C=O) groups excluding carboxylic acids is 2. The molecule has 116 valence electrons. The van der Waals surface area contributed by atoms with Crippen LogP contribution in [0.1, 0.15) is 21.5 Å². The number of benzene rings is 2. The summed E-state index contributed by atoms with van der Waals surface area (Å²) in [4.78, 5) is 21.7. The van der Waals surface area contributed by atoms with Crippen LogP contribution in [0.15, 0.2) is 48.5 Å². The fourth-order valence-electron chi connectivity index (χ4n) is 1.52. The third-order valence-corrected chi connectivity index (χ3v) is 2.77. The van der Waals surface area contributed by atoms with Crippen molar-refractivity contribution in [3.05, 3.63) is 65.2 Å². The number of aromatic hydroxyl groups is 1. The van der Waals surface area contributed by atoms with Crippen molar-refractivity contribution in [1.29, 1.82) is 0 Å². The van der Waals surface area contributed by atoms with Crippen molar-refractivity contribution in [2.75, 3.05) is 6.54 Å². The molecule has 0 saturated carbocycles. The molecule has 0 atom stereocenters. The molecule has 0 heterocycles. The van der Waals surface area contributed by atoms with Gasteiger partial charge in [0.1, 0.15) is 5.75 Å². The molecule has 0 bridgehead atoms. The summed E-state index contributed by atoms with van der Waals surface area (Å²) < 4.78 is 0. The number of phenolic OH excluding ortho intramolecular Hbond substituents is 1. The zero-order chi connectivity index (χ0) is 16.5. The minimum Gasteiger partial charge on any atom is -0.508 e. The Hall–Kier alpha value is -2.82. The fraction of sp³-hybridized carbons (Fsp3) is 0.176. The first-order chi connectivity index (χ1) is 10.4. The van der Waals surface area contributed by atoms with Crippen molar-refractivity contribution in [1.82, 2.24) is 5.32 Å². The van der Waals surface area contributed by atoms with E-state index in [1.54, 1.807) is 24.3 Å².